The lowest BCUT2D eigenvalue weighted by Crippen LogP contribution is -2.35. The van der Waals surface area contributed by atoms with Crippen LogP contribution in [0.3, 0.4) is 0 Å². The number of rotatable bonds is 1. The van der Waals surface area contributed by atoms with Crippen molar-refractivity contribution >= 4 is 36.2 Å². The minimum Gasteiger partial charge on any atom is -0.323 e. The molecule has 1 aromatic rings. The summed E-state index contributed by atoms with van der Waals surface area (Å²) in [5.41, 5.74) is 0.873. The zero-order chi connectivity index (χ0) is 9.26. The average molecular weight is 212 g/mol. The predicted octanol–water partition coefficient (Wildman–Crippen LogP) is 1.49. The fourth-order valence-electron chi connectivity index (χ4n) is 1.14. The van der Waals surface area contributed by atoms with Gasteiger partial charge >= 0.3 is 0 Å². The highest BCUT2D eigenvalue weighted by Crippen LogP contribution is 2.34. The fourth-order valence-corrected chi connectivity index (χ4v) is 2.29. The van der Waals surface area contributed by atoms with Gasteiger partial charge in [0.05, 0.1) is 5.69 Å². The van der Waals surface area contributed by atoms with Crippen molar-refractivity contribution in [3.63, 3.8) is 0 Å². The van der Waals surface area contributed by atoms with Crippen molar-refractivity contribution < 1.29 is 4.79 Å². The lowest BCUT2D eigenvalue weighted by molar-refractivity contribution is -0.115. The minimum atomic E-state index is -0.307. The van der Waals surface area contributed by atoms with E-state index in [4.69, 9.17) is 0 Å². The maximum Gasteiger partial charge on any atom is 0.253 e. The summed E-state index contributed by atoms with van der Waals surface area (Å²) in [6.45, 7) is 0. The zero-order valence-electron chi connectivity index (χ0n) is 6.65. The molecular formula is C8H8N2OS2. The highest BCUT2D eigenvalue weighted by atomic mass is 32.2. The van der Waals surface area contributed by atoms with E-state index in [1.165, 1.54) is 11.8 Å². The summed E-state index contributed by atoms with van der Waals surface area (Å²) in [6, 6.07) is 7.69. The van der Waals surface area contributed by atoms with Crippen LogP contribution in [-0.4, -0.2) is 11.3 Å². The lowest BCUT2D eigenvalue weighted by atomic mass is 10.3. The van der Waals surface area contributed by atoms with Gasteiger partial charge in [-0.2, -0.15) is 0 Å². The Hall–Kier alpha value is -0.650. The standard InChI is InChI=1S/C8H8N2OS2/c11-7-8(10-12)13-6-4-2-1-3-5(6)9-7/h1-4,8,10,12H,(H,9,11). The predicted molar refractivity (Wildman–Crippen MR) is 56.8 cm³/mol. The van der Waals surface area contributed by atoms with Gasteiger partial charge in [-0.3, -0.25) is 4.79 Å². The first-order chi connectivity index (χ1) is 6.31. The Balaban J connectivity index is 2.33. The van der Waals surface area contributed by atoms with Gasteiger partial charge in [-0.1, -0.05) is 36.7 Å². The molecule has 0 saturated carbocycles. The van der Waals surface area contributed by atoms with Gasteiger partial charge in [0.1, 0.15) is 5.37 Å². The number of thiol groups is 1. The Morgan fingerprint density at radius 2 is 2.23 bits per heavy atom. The Bertz CT molecular complexity index is 343. The second kappa shape index (κ2) is 3.61. The molecular weight excluding hydrogens is 204 g/mol. The van der Waals surface area contributed by atoms with Crippen LogP contribution in [0.15, 0.2) is 29.2 Å². The van der Waals surface area contributed by atoms with Gasteiger partial charge in [0, 0.05) is 4.90 Å². The van der Waals surface area contributed by atoms with Gasteiger partial charge < -0.3 is 5.32 Å². The van der Waals surface area contributed by atoms with E-state index in [-0.39, 0.29) is 11.3 Å². The first-order valence-corrected chi connectivity index (χ1v) is 5.10. The number of carbonyl (C=O) groups is 1. The normalized spacial score (nSPS) is 20.7. The summed E-state index contributed by atoms with van der Waals surface area (Å²) in [5.74, 6) is -0.0568. The second-order valence-corrected chi connectivity index (χ2v) is 4.02. The van der Waals surface area contributed by atoms with E-state index in [1.54, 1.807) is 0 Å². The maximum atomic E-state index is 11.3. The largest absolute Gasteiger partial charge is 0.323 e. The fraction of sp³-hybridized carbons (Fsp3) is 0.125. The maximum absolute atomic E-state index is 11.3. The molecule has 68 valence electrons. The summed E-state index contributed by atoms with van der Waals surface area (Å²) in [4.78, 5) is 12.4. The molecule has 1 aliphatic heterocycles. The number of fused-ring (bicyclic) bond motifs is 1. The number of anilines is 1. The van der Waals surface area contributed by atoms with Crippen LogP contribution in [-0.2, 0) is 4.79 Å². The molecule has 1 amide bonds. The molecule has 1 unspecified atom stereocenters. The Kier molecular flexibility index (Phi) is 2.48. The van der Waals surface area contributed by atoms with Crippen LogP contribution in [0.2, 0.25) is 0 Å². The number of hydrogen-bond acceptors (Lipinski definition) is 4. The van der Waals surface area contributed by atoms with Crippen molar-refractivity contribution in [1.29, 1.82) is 0 Å². The third-order valence-corrected chi connectivity index (χ3v) is 3.36. The molecule has 1 heterocycles. The molecule has 1 atom stereocenters. The van der Waals surface area contributed by atoms with Crippen molar-refractivity contribution in [2.45, 2.75) is 10.3 Å². The molecule has 0 spiro atoms. The van der Waals surface area contributed by atoms with E-state index in [2.05, 4.69) is 22.9 Å². The molecule has 1 aromatic carbocycles. The number of amides is 1. The second-order valence-electron chi connectivity index (χ2n) is 2.61. The first kappa shape index (κ1) is 8.93. The van der Waals surface area contributed by atoms with E-state index in [1.807, 2.05) is 24.3 Å². The number of nitrogens with one attached hydrogen (secondary N) is 2. The Labute approximate surface area is 85.8 Å². The third-order valence-electron chi connectivity index (χ3n) is 1.75. The first-order valence-electron chi connectivity index (χ1n) is 3.77. The molecule has 0 aromatic heterocycles. The van der Waals surface area contributed by atoms with Crippen molar-refractivity contribution in [2.75, 3.05) is 5.32 Å². The Morgan fingerprint density at radius 1 is 1.46 bits per heavy atom. The van der Waals surface area contributed by atoms with Crippen LogP contribution in [0.4, 0.5) is 5.69 Å². The van der Waals surface area contributed by atoms with Crippen molar-refractivity contribution in [2.24, 2.45) is 0 Å². The summed E-state index contributed by atoms with van der Waals surface area (Å²) in [7, 11) is 0. The molecule has 5 heteroatoms. The van der Waals surface area contributed by atoms with Crippen LogP contribution in [0.1, 0.15) is 0 Å². The summed E-state index contributed by atoms with van der Waals surface area (Å²) >= 11 is 5.35. The van der Waals surface area contributed by atoms with Gasteiger partial charge in [0.2, 0.25) is 0 Å². The van der Waals surface area contributed by atoms with Crippen LogP contribution in [0, 0.1) is 0 Å². The number of para-hydroxylation sites is 1. The molecule has 2 N–H and O–H groups in total. The molecule has 0 radical (unpaired) electrons. The van der Waals surface area contributed by atoms with Gasteiger partial charge in [-0.15, -0.1) is 0 Å². The monoisotopic (exact) mass is 212 g/mol. The van der Waals surface area contributed by atoms with Gasteiger partial charge in [-0.05, 0) is 12.1 Å². The van der Waals surface area contributed by atoms with Crippen molar-refractivity contribution in [3.8, 4) is 0 Å². The number of carbonyl (C=O) groups excluding carboxylic acids is 1. The molecule has 2 rings (SSSR count). The summed E-state index contributed by atoms with van der Waals surface area (Å²) in [5, 5.41) is 2.48. The third kappa shape index (κ3) is 1.67. The summed E-state index contributed by atoms with van der Waals surface area (Å²) in [6.07, 6.45) is 0. The van der Waals surface area contributed by atoms with E-state index in [0.717, 1.165) is 10.6 Å². The molecule has 0 aliphatic carbocycles. The van der Waals surface area contributed by atoms with E-state index in [9.17, 15) is 4.79 Å². The molecule has 3 nitrogen and oxygen atoms in total. The average Bonchev–Trinajstić information content (AvgIpc) is 2.17. The van der Waals surface area contributed by atoms with Gasteiger partial charge in [-0.25, -0.2) is 4.72 Å². The molecule has 0 bridgehead atoms. The van der Waals surface area contributed by atoms with Crippen LogP contribution < -0.4 is 10.0 Å². The topological polar surface area (TPSA) is 41.1 Å². The smallest absolute Gasteiger partial charge is 0.253 e. The quantitative estimate of drug-likeness (QED) is 0.618. The number of thioether (sulfide) groups is 1. The highest BCUT2D eigenvalue weighted by molar-refractivity contribution is 8.01. The number of hydrogen-bond donors (Lipinski definition) is 3. The molecule has 1 aliphatic rings. The van der Waals surface area contributed by atoms with E-state index in [0.29, 0.717) is 0 Å². The van der Waals surface area contributed by atoms with Crippen molar-refractivity contribution in [3.05, 3.63) is 24.3 Å². The minimum absolute atomic E-state index is 0.0568. The van der Waals surface area contributed by atoms with Crippen LogP contribution in [0.5, 0.6) is 0 Å². The van der Waals surface area contributed by atoms with E-state index >= 15 is 0 Å². The lowest BCUT2D eigenvalue weighted by Gasteiger charge is -2.22. The highest BCUT2D eigenvalue weighted by Gasteiger charge is 2.24. The van der Waals surface area contributed by atoms with Crippen LogP contribution >= 0.6 is 24.6 Å². The SMILES string of the molecule is O=C1Nc2ccccc2SC1NS. The van der Waals surface area contributed by atoms with E-state index < -0.39 is 0 Å². The summed E-state index contributed by atoms with van der Waals surface area (Å²) < 4.78 is 2.64. The van der Waals surface area contributed by atoms with Gasteiger partial charge in [0.15, 0.2) is 0 Å². The van der Waals surface area contributed by atoms with Crippen molar-refractivity contribution in [1.82, 2.24) is 4.72 Å². The Morgan fingerprint density at radius 3 is 3.00 bits per heavy atom. The number of benzene rings is 1. The van der Waals surface area contributed by atoms with Crippen LogP contribution in [0.25, 0.3) is 0 Å². The molecule has 0 saturated heterocycles. The zero-order valence-corrected chi connectivity index (χ0v) is 8.36. The molecule has 13 heavy (non-hydrogen) atoms. The van der Waals surface area contributed by atoms with Gasteiger partial charge in [0.25, 0.3) is 5.91 Å². The molecule has 0 fully saturated rings.